The van der Waals surface area contributed by atoms with Crippen LogP contribution in [-0.4, -0.2) is 24.5 Å². The van der Waals surface area contributed by atoms with Crippen molar-refractivity contribution in [1.29, 1.82) is 0 Å². The maximum Gasteiger partial charge on any atom is 0.267 e. The lowest BCUT2D eigenvalue weighted by Gasteiger charge is -2.10. The zero-order valence-electron chi connectivity index (χ0n) is 10.5. The van der Waals surface area contributed by atoms with E-state index in [9.17, 15) is 8.42 Å². The first-order valence-corrected chi connectivity index (χ1v) is 8.10. The minimum atomic E-state index is -3.73. The molecule has 1 heterocycles. The van der Waals surface area contributed by atoms with Gasteiger partial charge in [-0.25, -0.2) is 8.42 Å². The summed E-state index contributed by atoms with van der Waals surface area (Å²) in [5, 5.41) is 3.83. The van der Waals surface area contributed by atoms with Crippen molar-refractivity contribution in [2.75, 3.05) is 16.7 Å². The van der Waals surface area contributed by atoms with Gasteiger partial charge in [-0.2, -0.15) is 5.10 Å². The number of nitrogens with zero attached hydrogens (tertiary/aromatic N) is 2. The third-order valence-electron chi connectivity index (χ3n) is 2.46. The Bertz CT molecular complexity index is 694. The highest BCUT2D eigenvalue weighted by molar-refractivity contribution is 7.99. The average Bonchev–Trinajstić information content (AvgIpc) is 2.69. The summed E-state index contributed by atoms with van der Waals surface area (Å²) >= 11 is 1.46. The van der Waals surface area contributed by atoms with Gasteiger partial charge in [-0.05, 0) is 18.4 Å². The molecule has 6 nitrogen and oxygen atoms in total. The monoisotopic (exact) mass is 298 g/mol. The van der Waals surface area contributed by atoms with E-state index < -0.39 is 10.0 Å². The number of hydrogen-bond acceptors (Lipinski definition) is 5. The second-order valence-corrected chi connectivity index (χ2v) is 6.36. The Morgan fingerprint density at radius 2 is 2.05 bits per heavy atom. The van der Waals surface area contributed by atoms with Crippen molar-refractivity contribution in [1.82, 2.24) is 9.78 Å². The van der Waals surface area contributed by atoms with Crippen LogP contribution in [0.2, 0.25) is 0 Å². The molecule has 0 spiro atoms. The predicted molar refractivity (Wildman–Crippen MR) is 76.7 cm³/mol. The van der Waals surface area contributed by atoms with Gasteiger partial charge in [-0.3, -0.25) is 9.40 Å². The number of nitrogen functional groups attached to an aromatic ring is 1. The molecule has 2 rings (SSSR count). The summed E-state index contributed by atoms with van der Waals surface area (Å²) in [7, 11) is -2.11. The van der Waals surface area contributed by atoms with E-state index in [1.54, 1.807) is 19.2 Å². The van der Waals surface area contributed by atoms with E-state index >= 15 is 0 Å². The van der Waals surface area contributed by atoms with Gasteiger partial charge in [-0.15, -0.1) is 11.8 Å². The molecule has 1 aromatic heterocycles. The van der Waals surface area contributed by atoms with Gasteiger partial charge >= 0.3 is 0 Å². The van der Waals surface area contributed by atoms with Crippen LogP contribution in [0, 0.1) is 0 Å². The molecule has 1 aromatic carbocycles. The first-order chi connectivity index (χ1) is 8.94. The van der Waals surface area contributed by atoms with Gasteiger partial charge in [0.1, 0.15) is 4.90 Å². The van der Waals surface area contributed by atoms with Gasteiger partial charge in [0.2, 0.25) is 0 Å². The van der Waals surface area contributed by atoms with Crippen LogP contribution in [0.5, 0.6) is 0 Å². The SMILES string of the molecule is CSc1ccccc1NS(=O)(=O)c1cn(C)nc1N. The Morgan fingerprint density at radius 3 is 2.63 bits per heavy atom. The van der Waals surface area contributed by atoms with E-state index in [0.29, 0.717) is 5.69 Å². The number of anilines is 2. The van der Waals surface area contributed by atoms with Crippen molar-refractivity contribution >= 4 is 33.3 Å². The number of para-hydroxylation sites is 1. The molecule has 0 saturated carbocycles. The predicted octanol–water partition coefficient (Wildman–Crippen LogP) is 1.52. The Balaban J connectivity index is 2.39. The molecule has 0 fully saturated rings. The molecule has 3 N–H and O–H groups in total. The quantitative estimate of drug-likeness (QED) is 0.835. The van der Waals surface area contributed by atoms with E-state index in [1.807, 2.05) is 18.4 Å². The number of sulfonamides is 1. The average molecular weight is 298 g/mol. The van der Waals surface area contributed by atoms with E-state index in [-0.39, 0.29) is 10.7 Å². The fourth-order valence-electron chi connectivity index (χ4n) is 1.62. The molecule has 2 aromatic rings. The molecule has 0 bridgehead atoms. The van der Waals surface area contributed by atoms with Gasteiger partial charge < -0.3 is 5.73 Å². The van der Waals surface area contributed by atoms with Crippen molar-refractivity contribution < 1.29 is 8.42 Å². The lowest BCUT2D eigenvalue weighted by atomic mass is 10.3. The Hall–Kier alpha value is -1.67. The summed E-state index contributed by atoms with van der Waals surface area (Å²) in [6.07, 6.45) is 3.25. The Labute approximate surface area is 116 Å². The standard InChI is InChI=1S/C11H14N4O2S2/c1-15-7-10(11(12)13-15)19(16,17)14-8-5-3-4-6-9(8)18-2/h3-7,14H,1-2H3,(H2,12,13). The molecule has 8 heteroatoms. The molecule has 102 valence electrons. The van der Waals surface area contributed by atoms with Gasteiger partial charge in [0.25, 0.3) is 10.0 Å². The van der Waals surface area contributed by atoms with Crippen LogP contribution in [0.25, 0.3) is 0 Å². The largest absolute Gasteiger partial charge is 0.381 e. The lowest BCUT2D eigenvalue weighted by Crippen LogP contribution is -2.14. The number of benzene rings is 1. The van der Waals surface area contributed by atoms with Crippen LogP contribution in [-0.2, 0) is 17.1 Å². The molecule has 0 aliphatic rings. The van der Waals surface area contributed by atoms with Crippen molar-refractivity contribution in [3.63, 3.8) is 0 Å². The molecule has 0 saturated heterocycles. The lowest BCUT2D eigenvalue weighted by molar-refractivity contribution is 0.601. The molecule has 0 aliphatic heterocycles. The van der Waals surface area contributed by atoms with Crippen LogP contribution >= 0.6 is 11.8 Å². The molecule has 0 atom stereocenters. The van der Waals surface area contributed by atoms with Crippen molar-refractivity contribution in [3.05, 3.63) is 30.5 Å². The number of hydrogen-bond donors (Lipinski definition) is 2. The smallest absolute Gasteiger partial charge is 0.267 e. The van der Waals surface area contributed by atoms with Crippen molar-refractivity contribution in [2.24, 2.45) is 7.05 Å². The summed E-state index contributed by atoms with van der Waals surface area (Å²) in [5.74, 6) is -0.0170. The molecule has 0 amide bonds. The number of thioether (sulfide) groups is 1. The summed E-state index contributed by atoms with van der Waals surface area (Å²) in [5.41, 5.74) is 6.12. The molecule has 19 heavy (non-hydrogen) atoms. The van der Waals surface area contributed by atoms with Crippen LogP contribution in [0.3, 0.4) is 0 Å². The Morgan fingerprint density at radius 1 is 1.37 bits per heavy atom. The third-order valence-corrected chi connectivity index (χ3v) is 4.64. The van der Waals surface area contributed by atoms with E-state index in [2.05, 4.69) is 9.82 Å². The molecule has 0 unspecified atom stereocenters. The summed E-state index contributed by atoms with van der Waals surface area (Å²) in [6, 6.07) is 7.16. The van der Waals surface area contributed by atoms with Crippen LogP contribution in [0.4, 0.5) is 11.5 Å². The minimum Gasteiger partial charge on any atom is -0.381 e. The van der Waals surface area contributed by atoms with Gasteiger partial charge in [0.15, 0.2) is 5.82 Å². The number of rotatable bonds is 4. The Kier molecular flexibility index (Phi) is 3.72. The molecule has 0 radical (unpaired) electrons. The first kappa shape index (κ1) is 13.8. The second kappa shape index (κ2) is 5.14. The number of nitrogens with one attached hydrogen (secondary N) is 1. The van der Waals surface area contributed by atoms with Gasteiger partial charge in [-0.1, -0.05) is 12.1 Å². The van der Waals surface area contributed by atoms with Crippen LogP contribution < -0.4 is 10.5 Å². The highest BCUT2D eigenvalue weighted by Gasteiger charge is 2.21. The van der Waals surface area contributed by atoms with E-state index in [0.717, 1.165) is 4.90 Å². The number of aryl methyl sites for hydroxylation is 1. The summed E-state index contributed by atoms with van der Waals surface area (Å²) in [4.78, 5) is 0.819. The number of aromatic nitrogens is 2. The molecular weight excluding hydrogens is 284 g/mol. The molecular formula is C11H14N4O2S2. The minimum absolute atomic E-state index is 0.0170. The highest BCUT2D eigenvalue weighted by Crippen LogP contribution is 2.27. The third kappa shape index (κ3) is 2.85. The maximum absolute atomic E-state index is 12.3. The molecule has 0 aliphatic carbocycles. The zero-order valence-corrected chi connectivity index (χ0v) is 12.1. The van der Waals surface area contributed by atoms with Crippen molar-refractivity contribution in [3.8, 4) is 0 Å². The fourth-order valence-corrected chi connectivity index (χ4v) is 3.42. The topological polar surface area (TPSA) is 90.0 Å². The van der Waals surface area contributed by atoms with Gasteiger partial charge in [0, 0.05) is 18.1 Å². The maximum atomic E-state index is 12.3. The normalized spacial score (nSPS) is 11.5. The summed E-state index contributed by atoms with van der Waals surface area (Å²) < 4.78 is 28.4. The summed E-state index contributed by atoms with van der Waals surface area (Å²) in [6.45, 7) is 0. The van der Waals surface area contributed by atoms with E-state index in [1.165, 1.54) is 22.6 Å². The van der Waals surface area contributed by atoms with Gasteiger partial charge in [0.05, 0.1) is 5.69 Å². The highest BCUT2D eigenvalue weighted by atomic mass is 32.2. The fraction of sp³-hybridized carbons (Fsp3) is 0.182. The second-order valence-electron chi connectivity index (χ2n) is 3.86. The van der Waals surface area contributed by atoms with Crippen molar-refractivity contribution in [2.45, 2.75) is 9.79 Å². The first-order valence-electron chi connectivity index (χ1n) is 5.39. The van der Waals surface area contributed by atoms with E-state index in [4.69, 9.17) is 5.73 Å². The number of nitrogens with two attached hydrogens (primary N) is 1. The van der Waals surface area contributed by atoms with Crippen LogP contribution in [0.15, 0.2) is 40.3 Å². The zero-order chi connectivity index (χ0) is 14.0. The van der Waals surface area contributed by atoms with Crippen LogP contribution in [0.1, 0.15) is 0 Å².